The Morgan fingerprint density at radius 3 is 2.47 bits per heavy atom. The van der Waals surface area contributed by atoms with E-state index >= 15 is 0 Å². The SMILES string of the molecule is CCOC(=O)C1=C(C)NC(C)=C(P2(=O)OCC3(CCC3)CO2)C1c1ccccc1[N+](=O)[O-]. The molecule has 1 N–H and O–H groups in total. The maximum atomic E-state index is 14.0. The zero-order valence-corrected chi connectivity index (χ0v) is 19.3. The van der Waals surface area contributed by atoms with Gasteiger partial charge in [-0.15, -0.1) is 0 Å². The molecule has 1 atom stereocenters. The minimum Gasteiger partial charge on any atom is -0.463 e. The van der Waals surface area contributed by atoms with Gasteiger partial charge in [0, 0.05) is 28.4 Å². The van der Waals surface area contributed by atoms with Gasteiger partial charge in [0.25, 0.3) is 5.69 Å². The lowest BCUT2D eigenvalue weighted by Gasteiger charge is -2.47. The molecule has 1 aliphatic carbocycles. The first-order chi connectivity index (χ1) is 15.2. The van der Waals surface area contributed by atoms with E-state index in [1.54, 1.807) is 39.0 Å². The number of allylic oxidation sites excluding steroid dienone is 3. The van der Waals surface area contributed by atoms with Crippen molar-refractivity contribution in [1.29, 1.82) is 0 Å². The van der Waals surface area contributed by atoms with Crippen LogP contribution in [0.15, 0.2) is 46.5 Å². The molecule has 0 aromatic heterocycles. The number of nitrogens with one attached hydrogen (secondary N) is 1. The van der Waals surface area contributed by atoms with Crippen LogP contribution in [0, 0.1) is 15.5 Å². The Hall–Kier alpha value is -2.48. The number of nitro groups is 1. The van der Waals surface area contributed by atoms with Gasteiger partial charge in [-0.2, -0.15) is 0 Å². The third-order valence-electron chi connectivity index (χ3n) is 6.46. The van der Waals surface area contributed by atoms with E-state index in [-0.39, 0.29) is 34.2 Å². The molecule has 0 radical (unpaired) electrons. The molecule has 2 heterocycles. The van der Waals surface area contributed by atoms with Gasteiger partial charge in [0.1, 0.15) is 0 Å². The number of hydrogen-bond acceptors (Lipinski definition) is 8. The van der Waals surface area contributed by atoms with Gasteiger partial charge in [-0.3, -0.25) is 14.7 Å². The Balaban J connectivity index is 1.86. The van der Waals surface area contributed by atoms with E-state index in [0.29, 0.717) is 24.6 Å². The molecule has 2 aliphatic heterocycles. The summed E-state index contributed by atoms with van der Waals surface area (Å²) in [6.07, 6.45) is 2.97. The van der Waals surface area contributed by atoms with Crippen molar-refractivity contribution in [3.05, 3.63) is 62.2 Å². The second kappa shape index (κ2) is 8.46. The summed E-state index contributed by atoms with van der Waals surface area (Å²) in [6.45, 7) is 5.80. The summed E-state index contributed by atoms with van der Waals surface area (Å²) in [5.41, 5.74) is 1.07. The molecule has 9 nitrogen and oxygen atoms in total. The lowest BCUT2D eigenvalue weighted by molar-refractivity contribution is -0.385. The van der Waals surface area contributed by atoms with Crippen molar-refractivity contribution >= 4 is 19.3 Å². The summed E-state index contributed by atoms with van der Waals surface area (Å²) in [5.74, 6) is -1.64. The summed E-state index contributed by atoms with van der Waals surface area (Å²) < 4.78 is 31.1. The van der Waals surface area contributed by atoms with Crippen molar-refractivity contribution in [2.24, 2.45) is 5.41 Å². The summed E-state index contributed by atoms with van der Waals surface area (Å²) in [7, 11) is -3.85. The van der Waals surface area contributed by atoms with Crippen molar-refractivity contribution in [3.63, 3.8) is 0 Å². The topological polar surface area (TPSA) is 117 Å². The molecular formula is C22H27N2O7P. The number of ether oxygens (including phenoxy) is 1. The van der Waals surface area contributed by atoms with Crippen LogP contribution in [0.3, 0.4) is 0 Å². The van der Waals surface area contributed by atoms with E-state index in [9.17, 15) is 19.5 Å². The van der Waals surface area contributed by atoms with Gasteiger partial charge in [-0.25, -0.2) is 4.79 Å². The van der Waals surface area contributed by atoms with E-state index < -0.39 is 24.4 Å². The van der Waals surface area contributed by atoms with Crippen LogP contribution < -0.4 is 5.32 Å². The molecule has 0 amide bonds. The van der Waals surface area contributed by atoms with E-state index in [1.165, 1.54) is 6.07 Å². The van der Waals surface area contributed by atoms with E-state index in [4.69, 9.17) is 13.8 Å². The van der Waals surface area contributed by atoms with Gasteiger partial charge in [0.05, 0.1) is 41.5 Å². The lowest BCUT2D eigenvalue weighted by atomic mass is 9.70. The van der Waals surface area contributed by atoms with Crippen LogP contribution in [0.2, 0.25) is 0 Å². The number of rotatable bonds is 5. The van der Waals surface area contributed by atoms with Crippen molar-refractivity contribution < 1.29 is 28.1 Å². The summed E-state index contributed by atoms with van der Waals surface area (Å²) in [6, 6.07) is 6.13. The summed E-state index contributed by atoms with van der Waals surface area (Å²) in [5, 5.41) is 15.1. The first kappa shape index (κ1) is 22.7. The molecule has 10 heteroatoms. The molecule has 1 spiro atoms. The highest BCUT2D eigenvalue weighted by Crippen LogP contribution is 2.68. The fourth-order valence-electron chi connectivity index (χ4n) is 4.65. The molecule has 1 unspecified atom stereocenters. The predicted molar refractivity (Wildman–Crippen MR) is 117 cm³/mol. The first-order valence-electron chi connectivity index (χ1n) is 10.7. The Morgan fingerprint density at radius 1 is 1.25 bits per heavy atom. The zero-order chi connectivity index (χ0) is 23.1. The van der Waals surface area contributed by atoms with Gasteiger partial charge in [0.15, 0.2) is 0 Å². The van der Waals surface area contributed by atoms with Gasteiger partial charge in [-0.05, 0) is 33.6 Å². The highest BCUT2D eigenvalue weighted by atomic mass is 31.2. The number of dihydropyridines is 1. The Kier molecular flexibility index (Phi) is 6.00. The van der Waals surface area contributed by atoms with Crippen LogP contribution >= 0.6 is 7.60 Å². The fraction of sp³-hybridized carbons (Fsp3) is 0.500. The van der Waals surface area contributed by atoms with Crippen LogP contribution in [-0.4, -0.2) is 30.7 Å². The van der Waals surface area contributed by atoms with Gasteiger partial charge in [-0.1, -0.05) is 24.6 Å². The van der Waals surface area contributed by atoms with Crippen molar-refractivity contribution in [1.82, 2.24) is 5.32 Å². The second-order valence-corrected chi connectivity index (χ2v) is 10.5. The average molecular weight is 462 g/mol. The third-order valence-corrected chi connectivity index (χ3v) is 8.58. The smallest absolute Gasteiger partial charge is 0.360 e. The van der Waals surface area contributed by atoms with Crippen LogP contribution in [0.4, 0.5) is 5.69 Å². The van der Waals surface area contributed by atoms with Crippen LogP contribution in [0.1, 0.15) is 51.5 Å². The number of carbonyl (C=O) groups excluding carboxylic acids is 1. The molecule has 1 saturated heterocycles. The maximum absolute atomic E-state index is 14.0. The molecule has 2 fully saturated rings. The number of hydrogen-bond donors (Lipinski definition) is 1. The quantitative estimate of drug-likeness (QED) is 0.288. The largest absolute Gasteiger partial charge is 0.463 e. The fourth-order valence-corrected chi connectivity index (χ4v) is 6.95. The Labute approximate surface area is 186 Å². The molecule has 1 saturated carbocycles. The molecule has 172 valence electrons. The molecule has 0 bridgehead atoms. The number of nitrogens with zero attached hydrogens (tertiary/aromatic N) is 1. The predicted octanol–water partition coefficient (Wildman–Crippen LogP) is 4.76. The minimum absolute atomic E-state index is 0.117. The van der Waals surface area contributed by atoms with E-state index in [2.05, 4.69) is 5.32 Å². The van der Waals surface area contributed by atoms with Crippen molar-refractivity contribution in [2.45, 2.75) is 46.0 Å². The molecule has 4 rings (SSSR count). The molecule has 1 aromatic rings. The van der Waals surface area contributed by atoms with E-state index in [0.717, 1.165) is 19.3 Å². The minimum atomic E-state index is -3.85. The van der Waals surface area contributed by atoms with Crippen LogP contribution in [0.25, 0.3) is 0 Å². The molecular weight excluding hydrogens is 435 g/mol. The standard InChI is InChI=1S/C22H27N2O7P/c1-4-29-21(25)18-14(2)23-15(3)20(19(18)16-8-5-6-9-17(16)24(26)27)32(28)30-12-22(13-31-32)10-7-11-22/h5-6,8-9,19,23H,4,7,10-13H2,1-3H3. The monoisotopic (exact) mass is 462 g/mol. The van der Waals surface area contributed by atoms with E-state index in [1.807, 2.05) is 0 Å². The third kappa shape index (κ3) is 3.78. The number of esters is 1. The second-order valence-electron chi connectivity index (χ2n) is 8.54. The number of carbonyl (C=O) groups is 1. The summed E-state index contributed by atoms with van der Waals surface area (Å²) >= 11 is 0. The Bertz CT molecular complexity index is 1060. The normalized spacial score (nSPS) is 24.0. The van der Waals surface area contributed by atoms with Crippen LogP contribution in [-0.2, 0) is 23.1 Å². The Morgan fingerprint density at radius 2 is 1.91 bits per heavy atom. The van der Waals surface area contributed by atoms with Crippen molar-refractivity contribution in [3.8, 4) is 0 Å². The molecule has 32 heavy (non-hydrogen) atoms. The highest BCUT2D eigenvalue weighted by molar-refractivity contribution is 7.58. The van der Waals surface area contributed by atoms with Gasteiger partial charge in [0.2, 0.25) is 0 Å². The maximum Gasteiger partial charge on any atom is 0.360 e. The van der Waals surface area contributed by atoms with Crippen molar-refractivity contribution in [2.75, 3.05) is 19.8 Å². The first-order valence-corrected chi connectivity index (χ1v) is 12.2. The average Bonchev–Trinajstić information content (AvgIpc) is 2.72. The number of benzene rings is 1. The molecule has 1 aromatic carbocycles. The van der Waals surface area contributed by atoms with Gasteiger partial charge < -0.3 is 19.1 Å². The molecule has 3 aliphatic rings. The lowest BCUT2D eigenvalue weighted by Crippen LogP contribution is -2.42. The number of para-hydroxylation sites is 1. The summed E-state index contributed by atoms with van der Waals surface area (Å²) in [4.78, 5) is 24.3. The van der Waals surface area contributed by atoms with Crippen LogP contribution in [0.5, 0.6) is 0 Å². The number of nitro benzene ring substituents is 1. The highest BCUT2D eigenvalue weighted by Gasteiger charge is 2.52. The van der Waals surface area contributed by atoms with Gasteiger partial charge >= 0.3 is 13.6 Å². The zero-order valence-electron chi connectivity index (χ0n) is 18.4.